The van der Waals surface area contributed by atoms with Crippen LogP contribution in [0, 0.1) is 0 Å². The van der Waals surface area contributed by atoms with Gasteiger partial charge in [-0.2, -0.15) is 4.31 Å². The van der Waals surface area contributed by atoms with E-state index in [1.165, 1.54) is 0 Å². The molecule has 0 unspecified atom stereocenters. The van der Waals surface area contributed by atoms with Crippen molar-refractivity contribution >= 4 is 21.7 Å². The van der Waals surface area contributed by atoms with Gasteiger partial charge in [0.25, 0.3) is 0 Å². The summed E-state index contributed by atoms with van der Waals surface area (Å²) in [6.45, 7) is 1.70. The smallest absolute Gasteiger partial charge is 0.243 e. The van der Waals surface area contributed by atoms with Crippen molar-refractivity contribution in [1.29, 1.82) is 0 Å². The van der Waals surface area contributed by atoms with Crippen LogP contribution in [-0.4, -0.2) is 53.0 Å². The molecule has 8 nitrogen and oxygen atoms in total. The maximum absolute atomic E-state index is 12.6. The average Bonchev–Trinajstić information content (AvgIpc) is 3.32. The van der Waals surface area contributed by atoms with Crippen LogP contribution in [0.5, 0.6) is 11.5 Å². The Hall–Kier alpha value is -2.78. The molecule has 0 bridgehead atoms. The van der Waals surface area contributed by atoms with Gasteiger partial charge in [-0.3, -0.25) is 4.99 Å². The summed E-state index contributed by atoms with van der Waals surface area (Å²) in [5, 5.41) is 6.42. The predicted octanol–water partition coefficient (Wildman–Crippen LogP) is 2.68. The lowest BCUT2D eigenvalue weighted by Crippen LogP contribution is -2.30. The number of sulfonamides is 1. The molecule has 1 fully saturated rings. The number of ether oxygens (including phenoxy) is 2. The van der Waals surface area contributed by atoms with Crippen molar-refractivity contribution in [3.8, 4) is 11.5 Å². The summed E-state index contributed by atoms with van der Waals surface area (Å²) in [5.74, 6) is 1.85. The minimum Gasteiger partial charge on any atom is -0.493 e. The molecule has 1 saturated heterocycles. The van der Waals surface area contributed by atoms with Gasteiger partial charge >= 0.3 is 0 Å². The largest absolute Gasteiger partial charge is 0.493 e. The Morgan fingerprint density at radius 2 is 1.70 bits per heavy atom. The molecule has 1 aliphatic heterocycles. The molecule has 1 heterocycles. The molecular weight excluding hydrogens is 404 g/mol. The predicted molar refractivity (Wildman–Crippen MR) is 118 cm³/mol. The summed E-state index contributed by atoms with van der Waals surface area (Å²) in [6, 6.07) is 12.5. The quantitative estimate of drug-likeness (QED) is 0.516. The Kier molecular flexibility index (Phi) is 7.17. The van der Waals surface area contributed by atoms with E-state index in [0.29, 0.717) is 42.0 Å². The molecule has 0 spiro atoms. The fourth-order valence-electron chi connectivity index (χ4n) is 3.27. The van der Waals surface area contributed by atoms with E-state index >= 15 is 0 Å². The van der Waals surface area contributed by atoms with Crippen molar-refractivity contribution in [2.45, 2.75) is 24.3 Å². The van der Waals surface area contributed by atoms with Gasteiger partial charge in [0, 0.05) is 38.4 Å². The van der Waals surface area contributed by atoms with Crippen molar-refractivity contribution in [2.24, 2.45) is 4.99 Å². The fraction of sp³-hybridized carbons (Fsp3) is 0.381. The first kappa shape index (κ1) is 21.9. The van der Waals surface area contributed by atoms with Crippen molar-refractivity contribution < 1.29 is 17.9 Å². The fourth-order valence-corrected chi connectivity index (χ4v) is 4.79. The van der Waals surface area contributed by atoms with Crippen LogP contribution in [0.4, 0.5) is 5.69 Å². The van der Waals surface area contributed by atoms with Crippen LogP contribution in [0.3, 0.4) is 0 Å². The average molecular weight is 433 g/mol. The van der Waals surface area contributed by atoms with Gasteiger partial charge in [-0.1, -0.05) is 12.1 Å². The van der Waals surface area contributed by atoms with E-state index in [1.807, 2.05) is 30.3 Å². The highest BCUT2D eigenvalue weighted by Crippen LogP contribution is 2.29. The Morgan fingerprint density at radius 3 is 2.30 bits per heavy atom. The standard InChI is InChI=1S/C21H28N4O4S/c1-22-21(24-17-8-11-19(28-2)20(14-17)29-3)23-15-16-6-9-18(10-7-16)30(26,27)25-12-4-5-13-25/h6-11,14H,4-5,12-13,15H2,1-3H3,(H2,22,23,24). The summed E-state index contributed by atoms with van der Waals surface area (Å²) in [4.78, 5) is 4.56. The number of rotatable bonds is 7. The number of guanidine groups is 1. The summed E-state index contributed by atoms with van der Waals surface area (Å²) < 4.78 is 37.4. The molecule has 0 radical (unpaired) electrons. The summed E-state index contributed by atoms with van der Waals surface area (Å²) >= 11 is 0. The summed E-state index contributed by atoms with van der Waals surface area (Å²) in [7, 11) is 1.47. The Labute approximate surface area is 178 Å². The van der Waals surface area contributed by atoms with Crippen molar-refractivity contribution in [3.63, 3.8) is 0 Å². The lowest BCUT2D eigenvalue weighted by atomic mass is 10.2. The van der Waals surface area contributed by atoms with Gasteiger partial charge in [0.05, 0.1) is 19.1 Å². The third-order valence-electron chi connectivity index (χ3n) is 4.96. The lowest BCUT2D eigenvalue weighted by Gasteiger charge is -2.16. The maximum Gasteiger partial charge on any atom is 0.243 e. The second-order valence-electron chi connectivity index (χ2n) is 6.88. The minimum atomic E-state index is -3.39. The number of nitrogens with zero attached hydrogens (tertiary/aromatic N) is 2. The second kappa shape index (κ2) is 9.82. The van der Waals surface area contributed by atoms with Crippen LogP contribution in [0.2, 0.25) is 0 Å². The van der Waals surface area contributed by atoms with Crippen LogP contribution in [0.25, 0.3) is 0 Å². The third kappa shape index (κ3) is 5.03. The molecular formula is C21H28N4O4S. The Balaban J connectivity index is 1.61. The van der Waals surface area contributed by atoms with Crippen molar-refractivity contribution in [3.05, 3.63) is 48.0 Å². The third-order valence-corrected chi connectivity index (χ3v) is 6.87. The van der Waals surface area contributed by atoms with E-state index in [1.54, 1.807) is 37.7 Å². The molecule has 30 heavy (non-hydrogen) atoms. The van der Waals surface area contributed by atoms with Crippen LogP contribution in [0.1, 0.15) is 18.4 Å². The number of aliphatic imine (C=N–C) groups is 1. The molecule has 162 valence electrons. The van der Waals surface area contributed by atoms with Gasteiger partial charge in [-0.15, -0.1) is 0 Å². The highest BCUT2D eigenvalue weighted by molar-refractivity contribution is 7.89. The molecule has 2 N–H and O–H groups in total. The zero-order valence-corrected chi connectivity index (χ0v) is 18.3. The molecule has 0 amide bonds. The molecule has 3 rings (SSSR count). The topological polar surface area (TPSA) is 92.3 Å². The van der Waals surface area contributed by atoms with Gasteiger partial charge in [-0.05, 0) is 42.7 Å². The van der Waals surface area contributed by atoms with Gasteiger partial charge < -0.3 is 20.1 Å². The second-order valence-corrected chi connectivity index (χ2v) is 8.81. The lowest BCUT2D eigenvalue weighted by molar-refractivity contribution is 0.355. The van der Waals surface area contributed by atoms with E-state index in [4.69, 9.17) is 9.47 Å². The molecule has 0 aliphatic carbocycles. The monoisotopic (exact) mass is 432 g/mol. The number of hydrogen-bond acceptors (Lipinski definition) is 5. The van der Waals surface area contributed by atoms with Crippen LogP contribution >= 0.6 is 0 Å². The first-order valence-electron chi connectivity index (χ1n) is 9.76. The molecule has 0 saturated carbocycles. The molecule has 2 aromatic rings. The zero-order chi connectivity index (χ0) is 21.6. The molecule has 9 heteroatoms. The van der Waals surface area contributed by atoms with Gasteiger partial charge in [-0.25, -0.2) is 8.42 Å². The number of hydrogen-bond donors (Lipinski definition) is 2. The van der Waals surface area contributed by atoms with Gasteiger partial charge in [0.1, 0.15) is 0 Å². The molecule has 0 aromatic heterocycles. The van der Waals surface area contributed by atoms with E-state index in [2.05, 4.69) is 15.6 Å². The van der Waals surface area contributed by atoms with Gasteiger partial charge in [0.15, 0.2) is 17.5 Å². The summed E-state index contributed by atoms with van der Waals surface area (Å²) in [5.41, 5.74) is 1.75. The number of nitrogens with one attached hydrogen (secondary N) is 2. The minimum absolute atomic E-state index is 0.334. The molecule has 0 atom stereocenters. The first-order valence-corrected chi connectivity index (χ1v) is 11.2. The molecule has 2 aromatic carbocycles. The van der Waals surface area contributed by atoms with Crippen LogP contribution in [-0.2, 0) is 16.6 Å². The maximum atomic E-state index is 12.6. The number of methoxy groups -OCH3 is 2. The van der Waals surface area contributed by atoms with E-state index < -0.39 is 10.0 Å². The Morgan fingerprint density at radius 1 is 1.03 bits per heavy atom. The van der Waals surface area contributed by atoms with E-state index in [9.17, 15) is 8.42 Å². The van der Waals surface area contributed by atoms with Crippen molar-refractivity contribution in [2.75, 3.05) is 39.7 Å². The summed E-state index contributed by atoms with van der Waals surface area (Å²) in [6.07, 6.45) is 1.85. The van der Waals surface area contributed by atoms with E-state index in [0.717, 1.165) is 24.1 Å². The molecule has 1 aliphatic rings. The number of benzene rings is 2. The first-order chi connectivity index (χ1) is 14.5. The normalized spacial score (nSPS) is 15.1. The van der Waals surface area contributed by atoms with Crippen LogP contribution in [0.15, 0.2) is 52.4 Å². The van der Waals surface area contributed by atoms with Gasteiger partial charge in [0.2, 0.25) is 10.0 Å². The highest BCUT2D eigenvalue weighted by Gasteiger charge is 2.26. The number of anilines is 1. The highest BCUT2D eigenvalue weighted by atomic mass is 32.2. The van der Waals surface area contributed by atoms with Crippen LogP contribution < -0.4 is 20.1 Å². The Bertz CT molecular complexity index is 985. The van der Waals surface area contributed by atoms with Crippen molar-refractivity contribution in [1.82, 2.24) is 9.62 Å². The SMILES string of the molecule is CN=C(NCc1ccc(S(=O)(=O)N2CCCC2)cc1)Nc1ccc(OC)c(OC)c1. The van der Waals surface area contributed by atoms with E-state index in [-0.39, 0.29) is 0 Å². The zero-order valence-electron chi connectivity index (χ0n) is 17.5.